The van der Waals surface area contributed by atoms with Gasteiger partial charge in [0, 0.05) is 5.56 Å². The van der Waals surface area contributed by atoms with Crippen molar-refractivity contribution in [3.63, 3.8) is 0 Å². The summed E-state index contributed by atoms with van der Waals surface area (Å²) in [6.07, 6.45) is 1.74. The summed E-state index contributed by atoms with van der Waals surface area (Å²) in [5.74, 6) is 0.546. The average molecular weight is 332 g/mol. The third kappa shape index (κ3) is 4.23. The van der Waals surface area contributed by atoms with Crippen molar-refractivity contribution in [1.82, 2.24) is 5.43 Å². The Kier molecular flexibility index (Phi) is 5.42. The lowest BCUT2D eigenvalue weighted by atomic mass is 10.1. The largest absolute Gasteiger partial charge is 0.451 e. The van der Waals surface area contributed by atoms with Crippen molar-refractivity contribution in [2.45, 2.75) is 19.8 Å². The average Bonchev–Trinajstić information content (AvgIpc) is 3.16. The van der Waals surface area contributed by atoms with Crippen LogP contribution in [0.15, 0.2) is 82.3 Å². The highest BCUT2D eigenvalue weighted by Crippen LogP contribution is 2.21. The molecule has 0 atom stereocenters. The van der Waals surface area contributed by atoms with Crippen molar-refractivity contribution in [1.29, 1.82) is 0 Å². The SMILES string of the molecule is CCC/C(=N\NC(=O)c1ccc(-c2ccccc2)o1)c1ccccc1. The maximum absolute atomic E-state index is 12.3. The van der Waals surface area contributed by atoms with Crippen LogP contribution in [-0.2, 0) is 0 Å². The molecule has 25 heavy (non-hydrogen) atoms. The van der Waals surface area contributed by atoms with Gasteiger partial charge in [-0.15, -0.1) is 0 Å². The molecule has 0 radical (unpaired) electrons. The molecule has 1 N–H and O–H groups in total. The molecule has 0 fully saturated rings. The number of hydrogen-bond donors (Lipinski definition) is 1. The van der Waals surface area contributed by atoms with Gasteiger partial charge in [-0.3, -0.25) is 4.79 Å². The van der Waals surface area contributed by atoms with Crippen LogP contribution in [0.25, 0.3) is 11.3 Å². The van der Waals surface area contributed by atoms with Crippen LogP contribution in [0.5, 0.6) is 0 Å². The fourth-order valence-corrected chi connectivity index (χ4v) is 2.52. The quantitative estimate of drug-likeness (QED) is 0.516. The molecule has 0 unspecified atom stereocenters. The fraction of sp³-hybridized carbons (Fsp3) is 0.143. The monoisotopic (exact) mass is 332 g/mol. The van der Waals surface area contributed by atoms with Gasteiger partial charge in [-0.1, -0.05) is 74.0 Å². The van der Waals surface area contributed by atoms with E-state index in [-0.39, 0.29) is 11.7 Å². The van der Waals surface area contributed by atoms with E-state index in [1.165, 1.54) is 0 Å². The van der Waals surface area contributed by atoms with Gasteiger partial charge in [0.2, 0.25) is 0 Å². The number of hydrazone groups is 1. The molecule has 1 aromatic heterocycles. The third-order valence-electron chi connectivity index (χ3n) is 3.77. The summed E-state index contributed by atoms with van der Waals surface area (Å²) in [5, 5.41) is 4.30. The summed E-state index contributed by atoms with van der Waals surface area (Å²) in [6, 6.07) is 23.0. The topological polar surface area (TPSA) is 54.6 Å². The van der Waals surface area contributed by atoms with Gasteiger partial charge in [-0.25, -0.2) is 5.43 Å². The second-order valence-corrected chi connectivity index (χ2v) is 5.65. The van der Waals surface area contributed by atoms with Crippen LogP contribution < -0.4 is 5.43 Å². The highest BCUT2D eigenvalue weighted by molar-refractivity contribution is 6.01. The Hall–Kier alpha value is -3.14. The molecule has 1 heterocycles. The van der Waals surface area contributed by atoms with Crippen LogP contribution in [0.2, 0.25) is 0 Å². The lowest BCUT2D eigenvalue weighted by molar-refractivity contribution is 0.0928. The zero-order valence-electron chi connectivity index (χ0n) is 14.1. The summed E-state index contributed by atoms with van der Waals surface area (Å²) in [5.41, 5.74) is 5.40. The summed E-state index contributed by atoms with van der Waals surface area (Å²) in [7, 11) is 0. The van der Waals surface area contributed by atoms with E-state index in [9.17, 15) is 4.79 Å². The van der Waals surface area contributed by atoms with Crippen molar-refractivity contribution < 1.29 is 9.21 Å². The Labute approximate surface area is 147 Å². The first-order valence-electron chi connectivity index (χ1n) is 8.35. The number of hydrogen-bond acceptors (Lipinski definition) is 3. The van der Waals surface area contributed by atoms with Gasteiger partial charge in [-0.05, 0) is 24.1 Å². The summed E-state index contributed by atoms with van der Waals surface area (Å²) in [6.45, 7) is 2.08. The van der Waals surface area contributed by atoms with Gasteiger partial charge < -0.3 is 4.42 Å². The number of benzene rings is 2. The van der Waals surface area contributed by atoms with Crippen molar-refractivity contribution in [2.24, 2.45) is 5.10 Å². The van der Waals surface area contributed by atoms with E-state index < -0.39 is 0 Å². The van der Waals surface area contributed by atoms with E-state index in [1.807, 2.05) is 60.7 Å². The molecule has 4 nitrogen and oxygen atoms in total. The number of carbonyl (C=O) groups is 1. The van der Waals surface area contributed by atoms with Crippen molar-refractivity contribution in [3.05, 3.63) is 84.1 Å². The first-order valence-corrected chi connectivity index (χ1v) is 8.35. The van der Waals surface area contributed by atoms with E-state index in [2.05, 4.69) is 17.5 Å². The zero-order valence-corrected chi connectivity index (χ0v) is 14.1. The molecule has 0 spiro atoms. The van der Waals surface area contributed by atoms with Crippen molar-refractivity contribution >= 4 is 11.6 Å². The van der Waals surface area contributed by atoms with Gasteiger partial charge in [0.05, 0.1) is 5.71 Å². The Morgan fingerprint density at radius 1 is 0.960 bits per heavy atom. The van der Waals surface area contributed by atoms with Crippen LogP contribution in [0, 0.1) is 0 Å². The predicted molar refractivity (Wildman–Crippen MR) is 99.5 cm³/mol. The van der Waals surface area contributed by atoms with Crippen LogP contribution in [0.3, 0.4) is 0 Å². The Balaban J connectivity index is 1.74. The normalized spacial score (nSPS) is 11.3. The van der Waals surface area contributed by atoms with E-state index in [1.54, 1.807) is 12.1 Å². The molecule has 0 bridgehead atoms. The second-order valence-electron chi connectivity index (χ2n) is 5.65. The zero-order chi connectivity index (χ0) is 17.5. The molecule has 0 aliphatic rings. The highest BCUT2D eigenvalue weighted by atomic mass is 16.4. The molecule has 4 heteroatoms. The number of carbonyl (C=O) groups excluding carboxylic acids is 1. The third-order valence-corrected chi connectivity index (χ3v) is 3.77. The van der Waals surface area contributed by atoms with Crippen LogP contribution in [0.4, 0.5) is 0 Å². The van der Waals surface area contributed by atoms with E-state index in [0.717, 1.165) is 29.7 Å². The minimum absolute atomic E-state index is 0.242. The minimum Gasteiger partial charge on any atom is -0.451 e. The summed E-state index contributed by atoms with van der Waals surface area (Å²) < 4.78 is 5.65. The standard InChI is InChI=1S/C21H20N2O2/c1-2-9-18(16-10-5-3-6-11-16)22-23-21(24)20-15-14-19(25-20)17-12-7-4-8-13-17/h3-8,10-15H,2,9H2,1H3,(H,23,24)/b22-18+. The molecule has 0 aliphatic carbocycles. The molecule has 3 aromatic rings. The molecule has 3 rings (SSSR count). The lowest BCUT2D eigenvalue weighted by Crippen LogP contribution is -2.19. The molecule has 0 saturated heterocycles. The van der Waals surface area contributed by atoms with E-state index >= 15 is 0 Å². The van der Waals surface area contributed by atoms with Crippen molar-refractivity contribution in [2.75, 3.05) is 0 Å². The Morgan fingerprint density at radius 3 is 2.32 bits per heavy atom. The number of nitrogens with one attached hydrogen (secondary N) is 1. The molecule has 126 valence electrons. The molecular weight excluding hydrogens is 312 g/mol. The molecule has 0 saturated carbocycles. The van der Waals surface area contributed by atoms with Gasteiger partial charge in [0.25, 0.3) is 0 Å². The number of amides is 1. The van der Waals surface area contributed by atoms with Gasteiger partial charge in [0.1, 0.15) is 5.76 Å². The second kappa shape index (κ2) is 8.11. The van der Waals surface area contributed by atoms with Crippen LogP contribution in [0.1, 0.15) is 35.9 Å². The van der Waals surface area contributed by atoms with Crippen LogP contribution in [-0.4, -0.2) is 11.6 Å². The lowest BCUT2D eigenvalue weighted by Gasteiger charge is -2.05. The predicted octanol–water partition coefficient (Wildman–Crippen LogP) is 4.88. The van der Waals surface area contributed by atoms with Crippen LogP contribution >= 0.6 is 0 Å². The highest BCUT2D eigenvalue weighted by Gasteiger charge is 2.12. The first kappa shape index (κ1) is 16.7. The van der Waals surface area contributed by atoms with Gasteiger partial charge in [0.15, 0.2) is 5.76 Å². The van der Waals surface area contributed by atoms with Gasteiger partial charge >= 0.3 is 5.91 Å². The maximum atomic E-state index is 12.3. The number of furan rings is 1. The number of nitrogens with zero attached hydrogens (tertiary/aromatic N) is 1. The minimum atomic E-state index is -0.355. The Bertz CT molecular complexity index is 852. The maximum Gasteiger partial charge on any atom is 0.307 e. The van der Waals surface area contributed by atoms with E-state index in [4.69, 9.17) is 4.42 Å². The van der Waals surface area contributed by atoms with Crippen molar-refractivity contribution in [3.8, 4) is 11.3 Å². The smallest absolute Gasteiger partial charge is 0.307 e. The molecule has 1 amide bonds. The first-order chi connectivity index (χ1) is 12.3. The van der Waals surface area contributed by atoms with E-state index in [0.29, 0.717) is 5.76 Å². The molecule has 2 aromatic carbocycles. The summed E-state index contributed by atoms with van der Waals surface area (Å²) >= 11 is 0. The fourth-order valence-electron chi connectivity index (χ4n) is 2.52. The molecular formula is C21H20N2O2. The number of rotatable bonds is 6. The molecule has 0 aliphatic heterocycles. The van der Waals surface area contributed by atoms with Gasteiger partial charge in [-0.2, -0.15) is 5.10 Å². The Morgan fingerprint density at radius 2 is 1.64 bits per heavy atom. The summed E-state index contributed by atoms with van der Waals surface area (Å²) in [4.78, 5) is 12.3.